The zero-order valence-corrected chi connectivity index (χ0v) is 10.7. The van der Waals surface area contributed by atoms with Gasteiger partial charge in [-0.3, -0.25) is 0 Å². The minimum absolute atomic E-state index is 0.0114. The molecule has 0 spiro atoms. The smallest absolute Gasteiger partial charge is 0.238 e. The van der Waals surface area contributed by atoms with E-state index >= 15 is 0 Å². The zero-order chi connectivity index (χ0) is 14.2. The van der Waals surface area contributed by atoms with Crippen LogP contribution in [-0.2, 0) is 11.4 Å². The summed E-state index contributed by atoms with van der Waals surface area (Å²) in [5, 5.41) is 24.5. The molecule has 1 aliphatic heterocycles. The predicted molar refractivity (Wildman–Crippen MR) is 75.4 cm³/mol. The van der Waals surface area contributed by atoms with Crippen LogP contribution in [0.4, 0.5) is 0 Å². The molecular formula is C15H15N3O2. The third-order valence-corrected chi connectivity index (χ3v) is 3.46. The Morgan fingerprint density at radius 2 is 1.35 bits per heavy atom. The highest BCUT2D eigenvalue weighted by molar-refractivity contribution is 5.82. The quantitative estimate of drug-likeness (QED) is 0.642. The summed E-state index contributed by atoms with van der Waals surface area (Å²) in [4.78, 5) is 4.01. The molecule has 0 bridgehead atoms. The molecule has 5 N–H and O–H groups in total. The fourth-order valence-electron chi connectivity index (χ4n) is 2.45. The number of benzene rings is 2. The van der Waals surface area contributed by atoms with Gasteiger partial charge in [-0.25, -0.2) is 4.99 Å². The van der Waals surface area contributed by atoms with Gasteiger partial charge >= 0.3 is 0 Å². The number of rotatable bonds is 2. The van der Waals surface area contributed by atoms with Gasteiger partial charge < -0.3 is 21.3 Å². The van der Waals surface area contributed by atoms with Gasteiger partial charge in [-0.05, 0) is 0 Å². The summed E-state index contributed by atoms with van der Waals surface area (Å²) in [5.74, 6) is -0.0114. The highest BCUT2D eigenvalue weighted by Gasteiger charge is 2.56. The molecule has 1 heterocycles. The van der Waals surface area contributed by atoms with Gasteiger partial charge in [-0.2, -0.15) is 0 Å². The molecule has 3 rings (SSSR count). The largest absolute Gasteiger partial charge is 0.370 e. The molecular weight excluding hydrogens is 254 g/mol. The lowest BCUT2D eigenvalue weighted by Crippen LogP contribution is -2.54. The van der Waals surface area contributed by atoms with E-state index in [9.17, 15) is 10.2 Å². The van der Waals surface area contributed by atoms with Crippen molar-refractivity contribution in [1.29, 1.82) is 0 Å². The van der Waals surface area contributed by atoms with Crippen molar-refractivity contribution in [2.24, 2.45) is 10.7 Å². The van der Waals surface area contributed by atoms with Crippen molar-refractivity contribution in [2.75, 3.05) is 0 Å². The number of hydrogen-bond acceptors (Lipinski definition) is 5. The van der Waals surface area contributed by atoms with Crippen LogP contribution < -0.4 is 11.1 Å². The second kappa shape index (κ2) is 4.33. The minimum atomic E-state index is -1.88. The number of aliphatic hydroxyl groups is 2. The summed E-state index contributed by atoms with van der Waals surface area (Å²) in [6.07, 6.45) is 0. The van der Waals surface area contributed by atoms with Gasteiger partial charge in [0.25, 0.3) is 0 Å². The lowest BCUT2D eigenvalue weighted by Gasteiger charge is -2.36. The average molecular weight is 269 g/mol. The van der Waals surface area contributed by atoms with Crippen LogP contribution in [0.15, 0.2) is 65.7 Å². The Morgan fingerprint density at radius 1 is 0.850 bits per heavy atom. The molecule has 2 aromatic rings. The van der Waals surface area contributed by atoms with E-state index in [0.29, 0.717) is 11.1 Å². The maximum Gasteiger partial charge on any atom is 0.238 e. The summed E-state index contributed by atoms with van der Waals surface area (Å²) in [6, 6.07) is 17.5. The molecule has 0 radical (unpaired) electrons. The molecule has 102 valence electrons. The van der Waals surface area contributed by atoms with Crippen molar-refractivity contribution < 1.29 is 10.2 Å². The van der Waals surface area contributed by atoms with Crippen molar-refractivity contribution in [3.05, 3.63) is 71.8 Å². The average Bonchev–Trinajstić information content (AvgIpc) is 2.72. The molecule has 0 saturated heterocycles. The molecule has 5 heteroatoms. The van der Waals surface area contributed by atoms with E-state index in [1.165, 1.54) is 0 Å². The Kier molecular flexibility index (Phi) is 2.74. The summed E-state index contributed by atoms with van der Waals surface area (Å²) >= 11 is 0. The van der Waals surface area contributed by atoms with Crippen molar-refractivity contribution in [3.8, 4) is 0 Å². The third kappa shape index (κ3) is 1.68. The normalized spacial score (nSPS) is 28.8. The molecule has 2 aromatic carbocycles. The first-order valence-corrected chi connectivity index (χ1v) is 6.25. The summed E-state index contributed by atoms with van der Waals surface area (Å²) in [6.45, 7) is 0. The first kappa shape index (κ1) is 12.7. The van der Waals surface area contributed by atoms with E-state index in [2.05, 4.69) is 10.3 Å². The van der Waals surface area contributed by atoms with Gasteiger partial charge in [0.2, 0.25) is 11.4 Å². The lowest BCUT2D eigenvalue weighted by molar-refractivity contribution is -0.158. The fraction of sp³-hybridized carbons (Fsp3) is 0.133. The van der Waals surface area contributed by atoms with Gasteiger partial charge in [-0.1, -0.05) is 60.7 Å². The Bertz CT molecular complexity index is 645. The summed E-state index contributed by atoms with van der Waals surface area (Å²) in [7, 11) is 0. The van der Waals surface area contributed by atoms with Crippen LogP contribution in [0.1, 0.15) is 11.1 Å². The van der Waals surface area contributed by atoms with Crippen molar-refractivity contribution in [3.63, 3.8) is 0 Å². The Labute approximate surface area is 116 Å². The van der Waals surface area contributed by atoms with Crippen LogP contribution in [-0.4, -0.2) is 16.2 Å². The zero-order valence-electron chi connectivity index (χ0n) is 10.7. The maximum atomic E-state index is 10.9. The summed E-state index contributed by atoms with van der Waals surface area (Å²) < 4.78 is 0. The molecule has 2 unspecified atom stereocenters. The molecule has 0 saturated carbocycles. The Balaban J connectivity index is 2.17. The minimum Gasteiger partial charge on any atom is -0.370 e. The van der Waals surface area contributed by atoms with Crippen LogP contribution in [0.25, 0.3) is 0 Å². The number of guanidine groups is 1. The van der Waals surface area contributed by atoms with E-state index in [1.807, 2.05) is 12.1 Å². The molecule has 0 fully saturated rings. The highest BCUT2D eigenvalue weighted by Crippen LogP contribution is 2.42. The highest BCUT2D eigenvalue weighted by atomic mass is 16.4. The first-order chi connectivity index (χ1) is 9.56. The molecule has 0 aromatic heterocycles. The number of nitrogens with zero attached hydrogens (tertiary/aromatic N) is 1. The van der Waals surface area contributed by atoms with E-state index < -0.39 is 11.4 Å². The summed E-state index contributed by atoms with van der Waals surface area (Å²) in [5.41, 5.74) is 2.94. The molecule has 0 amide bonds. The van der Waals surface area contributed by atoms with Crippen LogP contribution in [0.3, 0.4) is 0 Å². The van der Waals surface area contributed by atoms with E-state index in [4.69, 9.17) is 5.73 Å². The van der Waals surface area contributed by atoms with Gasteiger partial charge in [0.05, 0.1) is 0 Å². The van der Waals surface area contributed by atoms with Gasteiger partial charge in [0.15, 0.2) is 5.96 Å². The van der Waals surface area contributed by atoms with Crippen molar-refractivity contribution in [1.82, 2.24) is 5.32 Å². The SMILES string of the molecule is NC1=NC(O)(c2ccccc2)C(O)(c2ccccc2)N1. The Morgan fingerprint density at radius 3 is 1.90 bits per heavy atom. The number of aliphatic imine (C=N–C) groups is 1. The molecule has 5 nitrogen and oxygen atoms in total. The van der Waals surface area contributed by atoms with E-state index in [1.54, 1.807) is 48.5 Å². The number of nitrogens with one attached hydrogen (secondary N) is 1. The molecule has 20 heavy (non-hydrogen) atoms. The van der Waals surface area contributed by atoms with Crippen LogP contribution >= 0.6 is 0 Å². The monoisotopic (exact) mass is 269 g/mol. The van der Waals surface area contributed by atoms with Gasteiger partial charge in [0.1, 0.15) is 0 Å². The van der Waals surface area contributed by atoms with Crippen molar-refractivity contribution >= 4 is 5.96 Å². The maximum absolute atomic E-state index is 10.9. The first-order valence-electron chi connectivity index (χ1n) is 6.25. The third-order valence-electron chi connectivity index (χ3n) is 3.46. The molecule has 0 aliphatic carbocycles. The second-order valence-corrected chi connectivity index (χ2v) is 4.74. The predicted octanol–water partition coefficient (Wildman–Crippen LogP) is 0.595. The lowest BCUT2D eigenvalue weighted by atomic mass is 9.87. The van der Waals surface area contributed by atoms with Crippen LogP contribution in [0, 0.1) is 0 Å². The standard InChI is InChI=1S/C15H15N3O2/c16-13-17-14(19,11-7-3-1-4-8-11)15(20,18-13)12-9-5-2-6-10-12/h1-10,19-20H,(H3,16,17,18). The van der Waals surface area contributed by atoms with Crippen molar-refractivity contribution in [2.45, 2.75) is 11.4 Å². The van der Waals surface area contributed by atoms with Crippen LogP contribution in [0.5, 0.6) is 0 Å². The number of hydrogen-bond donors (Lipinski definition) is 4. The van der Waals surface area contributed by atoms with Gasteiger partial charge in [0, 0.05) is 11.1 Å². The van der Waals surface area contributed by atoms with E-state index in [0.717, 1.165) is 0 Å². The Hall–Kier alpha value is -2.37. The van der Waals surface area contributed by atoms with Crippen LogP contribution in [0.2, 0.25) is 0 Å². The topological polar surface area (TPSA) is 90.9 Å². The molecule has 1 aliphatic rings. The molecule has 2 atom stereocenters. The second-order valence-electron chi connectivity index (χ2n) is 4.74. The number of nitrogens with two attached hydrogens (primary N) is 1. The van der Waals surface area contributed by atoms with E-state index in [-0.39, 0.29) is 5.96 Å². The van der Waals surface area contributed by atoms with Gasteiger partial charge in [-0.15, -0.1) is 0 Å². The fourth-order valence-corrected chi connectivity index (χ4v) is 2.45.